The summed E-state index contributed by atoms with van der Waals surface area (Å²) in [5.74, 6) is 1.52. The third kappa shape index (κ3) is 3.19. The Balaban J connectivity index is 1.83. The Labute approximate surface area is 114 Å². The molecule has 1 aliphatic heterocycles. The van der Waals surface area contributed by atoms with Crippen LogP contribution in [0.2, 0.25) is 0 Å². The van der Waals surface area contributed by atoms with E-state index in [9.17, 15) is 0 Å². The molecular weight excluding hydrogens is 244 g/mol. The first-order chi connectivity index (χ1) is 9.12. The molecule has 0 unspecified atom stereocenters. The van der Waals surface area contributed by atoms with Gasteiger partial charge in [0.05, 0.1) is 26.9 Å². The van der Waals surface area contributed by atoms with Gasteiger partial charge in [0.1, 0.15) is 5.60 Å². The molecule has 1 fully saturated rings. The molecule has 1 N–H and O–H groups in total. The molecule has 1 aliphatic rings. The SMILES string of the molecule is COc1ccc(CCC[C@H]2O[C@]2(C)CO)cc1OC. The first-order valence-corrected chi connectivity index (χ1v) is 6.62. The molecule has 0 spiro atoms. The fourth-order valence-corrected chi connectivity index (χ4v) is 2.32. The number of aliphatic hydroxyl groups is 1. The number of hydrogen-bond acceptors (Lipinski definition) is 4. The molecule has 4 heteroatoms. The van der Waals surface area contributed by atoms with E-state index in [1.54, 1.807) is 14.2 Å². The van der Waals surface area contributed by atoms with Crippen LogP contribution in [0.15, 0.2) is 18.2 Å². The van der Waals surface area contributed by atoms with Crippen molar-refractivity contribution in [2.75, 3.05) is 20.8 Å². The fraction of sp³-hybridized carbons (Fsp3) is 0.600. The predicted molar refractivity (Wildman–Crippen MR) is 72.8 cm³/mol. The largest absolute Gasteiger partial charge is 0.493 e. The molecule has 4 nitrogen and oxygen atoms in total. The topological polar surface area (TPSA) is 51.2 Å². The van der Waals surface area contributed by atoms with Gasteiger partial charge in [0.2, 0.25) is 0 Å². The van der Waals surface area contributed by atoms with E-state index >= 15 is 0 Å². The molecule has 1 heterocycles. The number of methoxy groups -OCH3 is 2. The second-order valence-corrected chi connectivity index (χ2v) is 5.16. The van der Waals surface area contributed by atoms with Gasteiger partial charge in [-0.1, -0.05) is 6.07 Å². The smallest absolute Gasteiger partial charge is 0.160 e. The summed E-state index contributed by atoms with van der Waals surface area (Å²) in [5, 5.41) is 9.12. The minimum absolute atomic E-state index is 0.105. The molecule has 0 radical (unpaired) electrons. The van der Waals surface area contributed by atoms with Crippen molar-refractivity contribution >= 4 is 0 Å². The van der Waals surface area contributed by atoms with E-state index in [0.29, 0.717) is 0 Å². The highest BCUT2D eigenvalue weighted by atomic mass is 16.6. The average Bonchev–Trinajstić information content (AvgIpc) is 3.10. The highest BCUT2D eigenvalue weighted by molar-refractivity contribution is 5.42. The summed E-state index contributed by atoms with van der Waals surface area (Å²) in [7, 11) is 3.28. The second-order valence-electron chi connectivity index (χ2n) is 5.16. The molecule has 106 valence electrons. The zero-order valence-corrected chi connectivity index (χ0v) is 11.8. The van der Waals surface area contributed by atoms with E-state index in [2.05, 4.69) is 6.07 Å². The Kier molecular flexibility index (Phi) is 4.32. The Hall–Kier alpha value is -1.26. The molecule has 0 amide bonds. The monoisotopic (exact) mass is 266 g/mol. The molecule has 0 aliphatic carbocycles. The number of ether oxygens (including phenoxy) is 3. The van der Waals surface area contributed by atoms with Gasteiger partial charge in [-0.3, -0.25) is 0 Å². The lowest BCUT2D eigenvalue weighted by molar-refractivity contribution is 0.184. The lowest BCUT2D eigenvalue weighted by Crippen LogP contribution is -2.15. The fourth-order valence-electron chi connectivity index (χ4n) is 2.32. The van der Waals surface area contributed by atoms with Crippen LogP contribution >= 0.6 is 0 Å². The molecule has 0 aromatic heterocycles. The molecular formula is C15H22O4. The van der Waals surface area contributed by atoms with Crippen LogP contribution in [0.1, 0.15) is 25.3 Å². The highest BCUT2D eigenvalue weighted by Gasteiger charge is 2.50. The van der Waals surface area contributed by atoms with Crippen LogP contribution in [0, 0.1) is 0 Å². The van der Waals surface area contributed by atoms with E-state index in [-0.39, 0.29) is 18.3 Å². The van der Waals surface area contributed by atoms with Crippen molar-refractivity contribution in [2.24, 2.45) is 0 Å². The van der Waals surface area contributed by atoms with Gasteiger partial charge in [-0.25, -0.2) is 0 Å². The van der Waals surface area contributed by atoms with E-state index in [1.165, 1.54) is 5.56 Å². The summed E-state index contributed by atoms with van der Waals surface area (Å²) in [6.45, 7) is 2.06. The molecule has 19 heavy (non-hydrogen) atoms. The van der Waals surface area contributed by atoms with Gasteiger partial charge in [-0.05, 0) is 43.9 Å². The number of benzene rings is 1. The maximum Gasteiger partial charge on any atom is 0.160 e. The maximum absolute atomic E-state index is 9.12. The van der Waals surface area contributed by atoms with Crippen LogP contribution < -0.4 is 9.47 Å². The zero-order chi connectivity index (χ0) is 13.9. The van der Waals surface area contributed by atoms with E-state index in [4.69, 9.17) is 19.3 Å². The van der Waals surface area contributed by atoms with Crippen molar-refractivity contribution in [3.05, 3.63) is 23.8 Å². The summed E-state index contributed by atoms with van der Waals surface area (Å²) < 4.78 is 16.0. The quantitative estimate of drug-likeness (QED) is 0.769. The Morgan fingerprint density at radius 3 is 2.58 bits per heavy atom. The minimum atomic E-state index is -0.294. The average molecular weight is 266 g/mol. The Morgan fingerprint density at radius 1 is 1.26 bits per heavy atom. The normalized spacial score (nSPS) is 25.2. The first kappa shape index (κ1) is 14.2. The van der Waals surface area contributed by atoms with Crippen molar-refractivity contribution in [3.8, 4) is 11.5 Å². The van der Waals surface area contributed by atoms with E-state index in [0.717, 1.165) is 30.8 Å². The minimum Gasteiger partial charge on any atom is -0.493 e. The Bertz CT molecular complexity index is 432. The van der Waals surface area contributed by atoms with Gasteiger partial charge in [0.25, 0.3) is 0 Å². The second kappa shape index (κ2) is 5.80. The lowest BCUT2D eigenvalue weighted by Gasteiger charge is -2.09. The van der Waals surface area contributed by atoms with Gasteiger partial charge >= 0.3 is 0 Å². The standard InChI is InChI=1S/C15H22O4/c1-15(10-16)14(19-15)6-4-5-11-7-8-12(17-2)13(9-11)18-3/h7-9,14,16H,4-6,10H2,1-3H3/t14-,15-/m1/s1. The summed E-state index contributed by atoms with van der Waals surface area (Å²) in [5.41, 5.74) is 0.932. The van der Waals surface area contributed by atoms with Crippen LogP contribution in [0.4, 0.5) is 0 Å². The van der Waals surface area contributed by atoms with Gasteiger partial charge in [0.15, 0.2) is 11.5 Å². The predicted octanol–water partition coefficient (Wildman–Crippen LogP) is 2.18. The van der Waals surface area contributed by atoms with Crippen molar-refractivity contribution in [1.29, 1.82) is 0 Å². The summed E-state index contributed by atoms with van der Waals surface area (Å²) in [6.07, 6.45) is 3.20. The molecule has 0 bridgehead atoms. The van der Waals surface area contributed by atoms with Crippen LogP contribution in [0.3, 0.4) is 0 Å². The van der Waals surface area contributed by atoms with Crippen LogP contribution in [0.5, 0.6) is 11.5 Å². The molecule has 1 aromatic carbocycles. The number of aliphatic hydroxyl groups excluding tert-OH is 1. The first-order valence-electron chi connectivity index (χ1n) is 6.62. The molecule has 1 saturated heterocycles. The van der Waals surface area contributed by atoms with E-state index < -0.39 is 0 Å². The highest BCUT2D eigenvalue weighted by Crippen LogP contribution is 2.39. The third-order valence-electron chi connectivity index (χ3n) is 3.73. The number of aryl methyl sites for hydroxylation is 1. The summed E-state index contributed by atoms with van der Waals surface area (Å²) >= 11 is 0. The van der Waals surface area contributed by atoms with Gasteiger partial charge in [-0.2, -0.15) is 0 Å². The van der Waals surface area contributed by atoms with Gasteiger partial charge in [-0.15, -0.1) is 0 Å². The lowest BCUT2D eigenvalue weighted by atomic mass is 10.0. The summed E-state index contributed by atoms with van der Waals surface area (Å²) in [4.78, 5) is 0. The van der Waals surface area contributed by atoms with Crippen molar-refractivity contribution in [1.82, 2.24) is 0 Å². The van der Waals surface area contributed by atoms with Crippen LogP contribution in [0.25, 0.3) is 0 Å². The molecule has 2 atom stereocenters. The van der Waals surface area contributed by atoms with E-state index in [1.807, 2.05) is 19.1 Å². The van der Waals surface area contributed by atoms with Crippen molar-refractivity contribution in [3.63, 3.8) is 0 Å². The van der Waals surface area contributed by atoms with Crippen LogP contribution in [-0.4, -0.2) is 37.6 Å². The van der Waals surface area contributed by atoms with Gasteiger partial charge in [0, 0.05) is 0 Å². The zero-order valence-electron chi connectivity index (χ0n) is 11.8. The molecule has 0 saturated carbocycles. The molecule has 2 rings (SSSR count). The maximum atomic E-state index is 9.12. The van der Waals surface area contributed by atoms with Gasteiger partial charge < -0.3 is 19.3 Å². The van der Waals surface area contributed by atoms with Crippen molar-refractivity contribution in [2.45, 2.75) is 37.9 Å². The third-order valence-corrected chi connectivity index (χ3v) is 3.73. The Morgan fingerprint density at radius 2 is 2.00 bits per heavy atom. The number of hydrogen-bond donors (Lipinski definition) is 1. The van der Waals surface area contributed by atoms with Crippen LogP contribution in [-0.2, 0) is 11.2 Å². The van der Waals surface area contributed by atoms with Crippen molar-refractivity contribution < 1.29 is 19.3 Å². The number of rotatable bonds is 7. The number of epoxide rings is 1. The summed E-state index contributed by atoms with van der Waals surface area (Å²) in [6, 6.07) is 6.00. The molecule has 1 aromatic rings.